The molecule has 0 heterocycles. The smallest absolute Gasteiger partial charge is 0.191 e. The molecule has 2 fully saturated rings. The van der Waals surface area contributed by atoms with Crippen LogP contribution in [0.25, 0.3) is 0 Å². The second-order valence-electron chi connectivity index (χ2n) is 5.95. The van der Waals surface area contributed by atoms with E-state index in [9.17, 15) is 0 Å². The molecule has 2 N–H and O–H groups in total. The molecule has 0 amide bonds. The number of guanidine groups is 1. The van der Waals surface area contributed by atoms with Crippen molar-refractivity contribution in [2.24, 2.45) is 16.6 Å². The molecule has 3 nitrogen and oxygen atoms in total. The van der Waals surface area contributed by atoms with Gasteiger partial charge in [0.25, 0.3) is 0 Å². The summed E-state index contributed by atoms with van der Waals surface area (Å²) in [7, 11) is 2.12. The first-order valence-electron chi connectivity index (χ1n) is 7.23. The van der Waals surface area contributed by atoms with Crippen LogP contribution in [0.15, 0.2) is 4.99 Å². The monoisotopic (exact) mass is 237 g/mol. The van der Waals surface area contributed by atoms with Gasteiger partial charge in [-0.15, -0.1) is 0 Å². The van der Waals surface area contributed by atoms with E-state index in [4.69, 9.17) is 10.7 Å². The van der Waals surface area contributed by atoms with Gasteiger partial charge in [0.05, 0.1) is 6.04 Å². The van der Waals surface area contributed by atoms with Gasteiger partial charge in [0.1, 0.15) is 0 Å². The van der Waals surface area contributed by atoms with Gasteiger partial charge < -0.3 is 10.6 Å². The van der Waals surface area contributed by atoms with Crippen molar-refractivity contribution in [1.82, 2.24) is 4.90 Å². The molecule has 2 aliphatic carbocycles. The Balaban J connectivity index is 1.87. The summed E-state index contributed by atoms with van der Waals surface area (Å²) >= 11 is 0. The fraction of sp³-hybridized carbons (Fsp3) is 0.929. The zero-order valence-electron chi connectivity index (χ0n) is 11.4. The molecule has 0 bridgehead atoms. The van der Waals surface area contributed by atoms with Crippen LogP contribution in [0.4, 0.5) is 0 Å². The standard InChI is InChI=1S/C14H27N3/c1-11-7-9-13(10-8-11)17(2)14(15)16-12-5-3-4-6-12/h11-13H,3-10H2,1-2H3,(H2,15,16). The van der Waals surface area contributed by atoms with Gasteiger partial charge in [0, 0.05) is 13.1 Å². The SMILES string of the molecule is CC1CCC(N(C)C(N)=NC2CCCC2)CC1. The van der Waals surface area contributed by atoms with Crippen molar-refractivity contribution >= 4 is 5.96 Å². The summed E-state index contributed by atoms with van der Waals surface area (Å²) in [6.45, 7) is 2.35. The molecule has 0 aromatic heterocycles. The first kappa shape index (κ1) is 12.7. The van der Waals surface area contributed by atoms with E-state index in [0.717, 1.165) is 11.9 Å². The summed E-state index contributed by atoms with van der Waals surface area (Å²) in [4.78, 5) is 6.92. The minimum Gasteiger partial charge on any atom is -0.370 e. The molecule has 0 radical (unpaired) electrons. The van der Waals surface area contributed by atoms with E-state index < -0.39 is 0 Å². The Morgan fingerprint density at radius 1 is 1.06 bits per heavy atom. The zero-order chi connectivity index (χ0) is 12.3. The Labute approximate surface area is 105 Å². The van der Waals surface area contributed by atoms with Crippen molar-refractivity contribution in [3.63, 3.8) is 0 Å². The van der Waals surface area contributed by atoms with Crippen LogP contribution in [-0.2, 0) is 0 Å². The summed E-state index contributed by atoms with van der Waals surface area (Å²) in [5.74, 6) is 1.67. The third kappa shape index (κ3) is 3.36. The van der Waals surface area contributed by atoms with E-state index in [-0.39, 0.29) is 0 Å². The first-order chi connectivity index (χ1) is 8.16. The molecular formula is C14H27N3. The van der Waals surface area contributed by atoms with Crippen LogP contribution in [0.5, 0.6) is 0 Å². The van der Waals surface area contributed by atoms with Crippen LogP contribution >= 0.6 is 0 Å². The molecular weight excluding hydrogens is 210 g/mol. The van der Waals surface area contributed by atoms with Crippen molar-refractivity contribution in [3.05, 3.63) is 0 Å². The molecule has 98 valence electrons. The molecule has 3 heteroatoms. The minimum atomic E-state index is 0.500. The van der Waals surface area contributed by atoms with Crippen molar-refractivity contribution in [2.45, 2.75) is 70.4 Å². The predicted molar refractivity (Wildman–Crippen MR) is 73.1 cm³/mol. The van der Waals surface area contributed by atoms with E-state index >= 15 is 0 Å². The minimum absolute atomic E-state index is 0.500. The van der Waals surface area contributed by atoms with Gasteiger partial charge in [0.2, 0.25) is 0 Å². The molecule has 17 heavy (non-hydrogen) atoms. The van der Waals surface area contributed by atoms with Crippen molar-refractivity contribution < 1.29 is 0 Å². The maximum atomic E-state index is 6.14. The van der Waals surface area contributed by atoms with E-state index in [2.05, 4.69) is 18.9 Å². The van der Waals surface area contributed by atoms with Crippen LogP contribution in [0.2, 0.25) is 0 Å². The van der Waals surface area contributed by atoms with Gasteiger partial charge in [-0.1, -0.05) is 19.8 Å². The largest absolute Gasteiger partial charge is 0.370 e. The zero-order valence-corrected chi connectivity index (χ0v) is 11.4. The number of hydrogen-bond donors (Lipinski definition) is 1. The van der Waals surface area contributed by atoms with E-state index in [0.29, 0.717) is 12.1 Å². The van der Waals surface area contributed by atoms with Crippen LogP contribution in [0.3, 0.4) is 0 Å². The average Bonchev–Trinajstić information content (AvgIpc) is 2.82. The highest BCUT2D eigenvalue weighted by Crippen LogP contribution is 2.27. The molecule has 0 aromatic carbocycles. The number of hydrogen-bond acceptors (Lipinski definition) is 1. The van der Waals surface area contributed by atoms with Gasteiger partial charge >= 0.3 is 0 Å². The number of rotatable bonds is 2. The summed E-state index contributed by atoms with van der Waals surface area (Å²) < 4.78 is 0. The topological polar surface area (TPSA) is 41.6 Å². The van der Waals surface area contributed by atoms with E-state index in [1.54, 1.807) is 0 Å². The van der Waals surface area contributed by atoms with Gasteiger partial charge in [-0.05, 0) is 44.4 Å². The molecule has 2 rings (SSSR count). The summed E-state index contributed by atoms with van der Waals surface area (Å²) in [6, 6.07) is 1.12. The van der Waals surface area contributed by atoms with Crippen LogP contribution in [0, 0.1) is 5.92 Å². The summed E-state index contributed by atoms with van der Waals surface area (Å²) in [5, 5.41) is 0. The van der Waals surface area contributed by atoms with Crippen LogP contribution in [-0.4, -0.2) is 30.0 Å². The molecule has 0 aliphatic heterocycles. The highest BCUT2D eigenvalue weighted by Gasteiger charge is 2.23. The van der Waals surface area contributed by atoms with Gasteiger partial charge in [-0.25, -0.2) is 4.99 Å². The Morgan fingerprint density at radius 3 is 2.24 bits per heavy atom. The van der Waals surface area contributed by atoms with E-state index in [1.165, 1.54) is 51.4 Å². The highest BCUT2D eigenvalue weighted by molar-refractivity contribution is 5.78. The van der Waals surface area contributed by atoms with E-state index in [1.807, 2.05) is 0 Å². The third-order valence-electron chi connectivity index (χ3n) is 4.53. The molecule has 0 atom stereocenters. The number of nitrogens with two attached hydrogens (primary N) is 1. The fourth-order valence-corrected chi connectivity index (χ4v) is 3.13. The van der Waals surface area contributed by atoms with Gasteiger partial charge in [-0.2, -0.15) is 0 Å². The maximum Gasteiger partial charge on any atom is 0.191 e. The summed E-state index contributed by atoms with van der Waals surface area (Å²) in [5.41, 5.74) is 6.14. The van der Waals surface area contributed by atoms with Crippen molar-refractivity contribution in [3.8, 4) is 0 Å². The fourth-order valence-electron chi connectivity index (χ4n) is 3.13. The quantitative estimate of drug-likeness (QED) is 0.592. The summed E-state index contributed by atoms with van der Waals surface area (Å²) in [6.07, 6.45) is 10.3. The van der Waals surface area contributed by atoms with Crippen LogP contribution < -0.4 is 5.73 Å². The normalized spacial score (nSPS) is 31.8. The Hall–Kier alpha value is -0.730. The Bertz CT molecular complexity index is 261. The average molecular weight is 237 g/mol. The molecule has 0 aromatic rings. The number of aliphatic imine (C=N–C) groups is 1. The second-order valence-corrected chi connectivity index (χ2v) is 5.95. The lowest BCUT2D eigenvalue weighted by Crippen LogP contribution is -2.43. The molecule has 0 saturated heterocycles. The highest BCUT2D eigenvalue weighted by atomic mass is 15.3. The molecule has 0 spiro atoms. The predicted octanol–water partition coefficient (Wildman–Crippen LogP) is 2.75. The van der Waals surface area contributed by atoms with Gasteiger partial charge in [-0.3, -0.25) is 0 Å². The lowest BCUT2D eigenvalue weighted by atomic mass is 9.87. The first-order valence-corrected chi connectivity index (χ1v) is 7.23. The molecule has 2 aliphatic rings. The lowest BCUT2D eigenvalue weighted by Gasteiger charge is -2.34. The Morgan fingerprint density at radius 2 is 1.65 bits per heavy atom. The van der Waals surface area contributed by atoms with Crippen molar-refractivity contribution in [2.75, 3.05) is 7.05 Å². The maximum absolute atomic E-state index is 6.14. The third-order valence-corrected chi connectivity index (χ3v) is 4.53. The van der Waals surface area contributed by atoms with Crippen LogP contribution in [0.1, 0.15) is 58.3 Å². The van der Waals surface area contributed by atoms with Gasteiger partial charge in [0.15, 0.2) is 5.96 Å². The second kappa shape index (κ2) is 5.74. The lowest BCUT2D eigenvalue weighted by molar-refractivity contribution is 0.236. The molecule has 0 unspecified atom stereocenters. The van der Waals surface area contributed by atoms with Crippen molar-refractivity contribution in [1.29, 1.82) is 0 Å². The molecule has 2 saturated carbocycles. The Kier molecular flexibility index (Phi) is 4.30. The number of nitrogens with zero attached hydrogens (tertiary/aromatic N) is 2.